The maximum Gasteiger partial charge on any atom is 0.234 e. The van der Waals surface area contributed by atoms with Gasteiger partial charge in [0.05, 0.1) is 32.4 Å². The third-order valence-corrected chi connectivity index (χ3v) is 3.27. The number of carbonyl (C=O) groups is 1. The van der Waals surface area contributed by atoms with Gasteiger partial charge < -0.3 is 15.2 Å². The summed E-state index contributed by atoms with van der Waals surface area (Å²) in [5.41, 5.74) is -0.169. The number of hydrogen-bond donors (Lipinski definition) is 2. The first kappa shape index (κ1) is 14.4. The molecule has 1 aliphatic rings. The smallest absolute Gasteiger partial charge is 0.234 e. The summed E-state index contributed by atoms with van der Waals surface area (Å²) in [7, 11) is 0. The van der Waals surface area contributed by atoms with E-state index in [0.29, 0.717) is 26.3 Å². The van der Waals surface area contributed by atoms with Gasteiger partial charge in [-0.2, -0.15) is 0 Å². The van der Waals surface area contributed by atoms with Crippen molar-refractivity contribution in [2.45, 2.75) is 38.8 Å². The number of aliphatic hydroxyl groups is 1. The molecule has 0 aromatic heterocycles. The molecule has 0 aromatic carbocycles. The van der Waals surface area contributed by atoms with Crippen molar-refractivity contribution in [2.75, 3.05) is 32.9 Å². The lowest BCUT2D eigenvalue weighted by Gasteiger charge is -2.35. The van der Waals surface area contributed by atoms with Crippen LogP contribution in [0.25, 0.3) is 0 Å². The minimum atomic E-state index is -0.169. The molecule has 2 N–H and O–H groups in total. The van der Waals surface area contributed by atoms with Crippen LogP contribution in [0.2, 0.25) is 0 Å². The molecule has 1 heterocycles. The molecule has 0 saturated carbocycles. The summed E-state index contributed by atoms with van der Waals surface area (Å²) in [4.78, 5) is 13.8. The van der Waals surface area contributed by atoms with Crippen molar-refractivity contribution in [2.24, 2.45) is 0 Å². The number of carbonyl (C=O) groups excluding carboxylic acids is 1. The Balaban J connectivity index is 2.44. The molecule has 0 aliphatic carbocycles. The van der Waals surface area contributed by atoms with E-state index in [1.165, 1.54) is 0 Å². The van der Waals surface area contributed by atoms with Crippen LogP contribution in [0.15, 0.2) is 0 Å². The van der Waals surface area contributed by atoms with Crippen LogP contribution in [0.1, 0.15) is 27.2 Å². The van der Waals surface area contributed by atoms with Gasteiger partial charge in [-0.05, 0) is 20.3 Å². The van der Waals surface area contributed by atoms with Crippen LogP contribution in [-0.2, 0) is 9.53 Å². The van der Waals surface area contributed by atoms with E-state index in [0.717, 1.165) is 6.42 Å². The highest BCUT2D eigenvalue weighted by atomic mass is 16.5. The van der Waals surface area contributed by atoms with Gasteiger partial charge in [0.1, 0.15) is 0 Å². The van der Waals surface area contributed by atoms with Crippen molar-refractivity contribution in [3.8, 4) is 0 Å². The number of morpholine rings is 1. The van der Waals surface area contributed by atoms with Gasteiger partial charge in [-0.15, -0.1) is 0 Å². The zero-order valence-corrected chi connectivity index (χ0v) is 11.0. The molecule has 100 valence electrons. The highest BCUT2D eigenvalue weighted by Crippen LogP contribution is 2.09. The zero-order valence-electron chi connectivity index (χ0n) is 11.0. The van der Waals surface area contributed by atoms with Gasteiger partial charge >= 0.3 is 0 Å². The van der Waals surface area contributed by atoms with Crippen LogP contribution in [-0.4, -0.2) is 60.4 Å². The van der Waals surface area contributed by atoms with Crippen molar-refractivity contribution < 1.29 is 14.6 Å². The van der Waals surface area contributed by atoms with Gasteiger partial charge in [-0.1, -0.05) is 6.92 Å². The fraction of sp³-hybridized carbons (Fsp3) is 0.917. The molecular formula is C12H24N2O3. The van der Waals surface area contributed by atoms with Crippen molar-refractivity contribution in [1.82, 2.24) is 10.2 Å². The molecule has 1 saturated heterocycles. The highest BCUT2D eigenvalue weighted by Gasteiger charge is 2.26. The second kappa shape index (κ2) is 6.33. The van der Waals surface area contributed by atoms with Crippen LogP contribution < -0.4 is 5.32 Å². The Kier molecular flexibility index (Phi) is 5.36. The summed E-state index contributed by atoms with van der Waals surface area (Å²) in [5.74, 6) is 0.0113. The molecule has 1 rings (SSSR count). The summed E-state index contributed by atoms with van der Waals surface area (Å²) in [5, 5.41) is 12.2. The van der Waals surface area contributed by atoms with E-state index >= 15 is 0 Å². The SMILES string of the molecule is CCC(C)(C)NC(=O)CN1CCOCC1CO. The average molecular weight is 244 g/mol. The predicted octanol–water partition coefficient (Wildman–Crippen LogP) is -0.0157. The predicted molar refractivity (Wildman–Crippen MR) is 65.8 cm³/mol. The van der Waals surface area contributed by atoms with Crippen molar-refractivity contribution in [1.29, 1.82) is 0 Å². The van der Waals surface area contributed by atoms with Gasteiger partial charge in [-0.25, -0.2) is 0 Å². The van der Waals surface area contributed by atoms with Crippen LogP contribution in [0.3, 0.4) is 0 Å². The van der Waals surface area contributed by atoms with E-state index in [2.05, 4.69) is 5.32 Å². The molecular weight excluding hydrogens is 220 g/mol. The van der Waals surface area contributed by atoms with Gasteiger partial charge in [0, 0.05) is 12.1 Å². The Morgan fingerprint density at radius 3 is 2.88 bits per heavy atom. The molecule has 5 nitrogen and oxygen atoms in total. The molecule has 17 heavy (non-hydrogen) atoms. The van der Waals surface area contributed by atoms with Gasteiger partial charge in [0.25, 0.3) is 0 Å². The van der Waals surface area contributed by atoms with Crippen LogP contribution >= 0.6 is 0 Å². The molecule has 1 atom stereocenters. The lowest BCUT2D eigenvalue weighted by Crippen LogP contribution is -2.53. The van der Waals surface area contributed by atoms with Crippen molar-refractivity contribution in [3.63, 3.8) is 0 Å². The molecule has 1 fully saturated rings. The number of hydrogen-bond acceptors (Lipinski definition) is 4. The van der Waals surface area contributed by atoms with E-state index in [9.17, 15) is 9.90 Å². The lowest BCUT2D eigenvalue weighted by atomic mass is 10.0. The van der Waals surface area contributed by atoms with Crippen molar-refractivity contribution in [3.05, 3.63) is 0 Å². The maximum atomic E-state index is 11.9. The number of nitrogens with one attached hydrogen (secondary N) is 1. The fourth-order valence-electron chi connectivity index (χ4n) is 1.76. The number of ether oxygens (including phenoxy) is 1. The van der Waals surface area contributed by atoms with Gasteiger partial charge in [-0.3, -0.25) is 9.69 Å². The van der Waals surface area contributed by atoms with Crippen LogP contribution in [0.4, 0.5) is 0 Å². The lowest BCUT2D eigenvalue weighted by molar-refractivity contribution is -0.126. The second-order valence-corrected chi connectivity index (χ2v) is 5.17. The van der Waals surface area contributed by atoms with E-state index in [-0.39, 0.29) is 24.1 Å². The monoisotopic (exact) mass is 244 g/mol. The zero-order chi connectivity index (χ0) is 12.9. The Morgan fingerprint density at radius 2 is 2.29 bits per heavy atom. The average Bonchev–Trinajstić information content (AvgIpc) is 2.29. The molecule has 0 bridgehead atoms. The standard InChI is InChI=1S/C12H24N2O3/c1-4-12(2,3)13-11(16)7-14-5-6-17-9-10(14)8-15/h10,15H,4-9H2,1-3H3,(H,13,16). The van der Waals surface area contributed by atoms with Crippen LogP contribution in [0, 0.1) is 0 Å². The topological polar surface area (TPSA) is 61.8 Å². The first-order valence-electron chi connectivity index (χ1n) is 6.22. The number of nitrogens with zero attached hydrogens (tertiary/aromatic N) is 1. The molecule has 0 radical (unpaired) electrons. The summed E-state index contributed by atoms with van der Waals surface area (Å²) in [6, 6.07) is -0.0563. The van der Waals surface area contributed by atoms with Gasteiger partial charge in [0.15, 0.2) is 0 Å². The first-order chi connectivity index (χ1) is 7.98. The Bertz CT molecular complexity index is 256. The minimum Gasteiger partial charge on any atom is -0.395 e. The quantitative estimate of drug-likeness (QED) is 0.714. The minimum absolute atomic E-state index is 0.0113. The Labute approximate surface area is 103 Å². The fourth-order valence-corrected chi connectivity index (χ4v) is 1.76. The molecule has 1 unspecified atom stereocenters. The highest BCUT2D eigenvalue weighted by molar-refractivity contribution is 5.78. The number of amides is 1. The number of rotatable bonds is 5. The van der Waals surface area contributed by atoms with E-state index in [1.807, 2.05) is 25.7 Å². The summed E-state index contributed by atoms with van der Waals surface area (Å²) in [6.07, 6.45) is 0.894. The van der Waals surface area contributed by atoms with Crippen LogP contribution in [0.5, 0.6) is 0 Å². The largest absolute Gasteiger partial charge is 0.395 e. The number of aliphatic hydroxyl groups excluding tert-OH is 1. The normalized spacial score (nSPS) is 22.5. The molecule has 5 heteroatoms. The first-order valence-corrected chi connectivity index (χ1v) is 6.22. The van der Waals surface area contributed by atoms with E-state index in [1.54, 1.807) is 0 Å². The molecule has 1 amide bonds. The summed E-state index contributed by atoms with van der Waals surface area (Å²) < 4.78 is 5.27. The third kappa shape index (κ3) is 4.61. The Hall–Kier alpha value is -0.650. The summed E-state index contributed by atoms with van der Waals surface area (Å²) in [6.45, 7) is 8.25. The molecule has 0 aromatic rings. The van der Waals surface area contributed by atoms with Gasteiger partial charge in [0.2, 0.25) is 5.91 Å². The van der Waals surface area contributed by atoms with Crippen molar-refractivity contribution >= 4 is 5.91 Å². The molecule has 0 spiro atoms. The van der Waals surface area contributed by atoms with E-state index < -0.39 is 0 Å². The summed E-state index contributed by atoms with van der Waals surface area (Å²) >= 11 is 0. The van der Waals surface area contributed by atoms with E-state index in [4.69, 9.17) is 4.74 Å². The third-order valence-electron chi connectivity index (χ3n) is 3.27. The maximum absolute atomic E-state index is 11.9. The second-order valence-electron chi connectivity index (χ2n) is 5.17. The Morgan fingerprint density at radius 1 is 1.59 bits per heavy atom. The molecule has 1 aliphatic heterocycles.